The zero-order chi connectivity index (χ0) is 12.1. The molecule has 2 heterocycles. The van der Waals surface area contributed by atoms with Crippen LogP contribution in [0.4, 0.5) is 0 Å². The van der Waals surface area contributed by atoms with Gasteiger partial charge in [0.25, 0.3) is 0 Å². The van der Waals surface area contributed by atoms with Crippen molar-refractivity contribution in [2.75, 3.05) is 0 Å². The number of aliphatic hydroxyl groups is 1. The molecule has 17 heavy (non-hydrogen) atoms. The lowest BCUT2D eigenvalue weighted by atomic mass is 9.91. The molecule has 0 aliphatic heterocycles. The van der Waals surface area contributed by atoms with Gasteiger partial charge in [0.1, 0.15) is 0 Å². The number of hydrogen-bond acceptors (Lipinski definition) is 4. The quantitative estimate of drug-likeness (QED) is 0.861. The third kappa shape index (κ3) is 2.14. The molecule has 0 bridgehead atoms. The molecule has 0 saturated heterocycles. The van der Waals surface area contributed by atoms with Crippen molar-refractivity contribution in [2.24, 2.45) is 0 Å². The van der Waals surface area contributed by atoms with Gasteiger partial charge in [0, 0.05) is 12.4 Å². The molecule has 0 aliphatic carbocycles. The maximum Gasteiger partial charge on any atom is 0.161 e. The average Bonchev–Trinajstić information content (AvgIpc) is 2.41. The van der Waals surface area contributed by atoms with Crippen LogP contribution in [0.15, 0.2) is 48.8 Å². The van der Waals surface area contributed by atoms with Crippen LogP contribution in [-0.2, 0) is 5.60 Å². The van der Waals surface area contributed by atoms with Crippen molar-refractivity contribution in [2.45, 2.75) is 12.0 Å². The Hall–Kier alpha value is -2.25. The maximum absolute atomic E-state index is 10.6. The van der Waals surface area contributed by atoms with Crippen molar-refractivity contribution in [1.82, 2.24) is 9.97 Å². The highest BCUT2D eigenvalue weighted by Crippen LogP contribution is 2.29. The molecule has 0 unspecified atom stereocenters. The van der Waals surface area contributed by atoms with Gasteiger partial charge in [-0.3, -0.25) is 9.97 Å². The minimum Gasteiger partial charge on any atom is -0.376 e. The van der Waals surface area contributed by atoms with E-state index < -0.39 is 5.60 Å². The molecule has 0 saturated carbocycles. The van der Waals surface area contributed by atoms with E-state index >= 15 is 0 Å². The van der Waals surface area contributed by atoms with Gasteiger partial charge in [-0.25, -0.2) is 0 Å². The van der Waals surface area contributed by atoms with E-state index in [1.54, 1.807) is 48.8 Å². The lowest BCUT2D eigenvalue weighted by Crippen LogP contribution is -2.29. The van der Waals surface area contributed by atoms with Crippen molar-refractivity contribution in [3.63, 3.8) is 0 Å². The number of rotatable bonds is 3. The number of nitriles is 1. The van der Waals surface area contributed by atoms with E-state index in [1.807, 2.05) is 6.07 Å². The molecule has 4 heteroatoms. The molecule has 0 atom stereocenters. The first-order valence-electron chi connectivity index (χ1n) is 5.20. The SMILES string of the molecule is N#CCC(O)(c1ccccn1)c1ccccn1. The van der Waals surface area contributed by atoms with Crippen molar-refractivity contribution >= 4 is 0 Å². The number of hydrogen-bond donors (Lipinski definition) is 1. The van der Waals surface area contributed by atoms with Crippen molar-refractivity contribution < 1.29 is 5.11 Å². The number of pyridine rings is 2. The molecule has 2 aromatic heterocycles. The van der Waals surface area contributed by atoms with Crippen LogP contribution in [0.5, 0.6) is 0 Å². The smallest absolute Gasteiger partial charge is 0.161 e. The summed E-state index contributed by atoms with van der Waals surface area (Å²) in [4.78, 5) is 8.21. The first-order valence-corrected chi connectivity index (χ1v) is 5.20. The molecule has 2 rings (SSSR count). The normalized spacial score (nSPS) is 10.8. The fourth-order valence-corrected chi connectivity index (χ4v) is 1.64. The largest absolute Gasteiger partial charge is 0.376 e. The van der Waals surface area contributed by atoms with Gasteiger partial charge in [0.05, 0.1) is 23.9 Å². The van der Waals surface area contributed by atoms with E-state index in [0.29, 0.717) is 11.4 Å². The van der Waals surface area contributed by atoms with Gasteiger partial charge < -0.3 is 5.11 Å². The lowest BCUT2D eigenvalue weighted by molar-refractivity contribution is 0.0766. The summed E-state index contributed by atoms with van der Waals surface area (Å²) in [6.45, 7) is 0. The summed E-state index contributed by atoms with van der Waals surface area (Å²) in [6, 6.07) is 12.4. The standard InChI is InChI=1S/C13H11N3O/c14-8-7-13(17,11-5-1-3-9-15-11)12-6-2-4-10-16-12/h1-6,9-10,17H,7H2. The minimum absolute atomic E-state index is 0.0823. The average molecular weight is 225 g/mol. The van der Waals surface area contributed by atoms with Crippen LogP contribution in [0, 0.1) is 11.3 Å². The topological polar surface area (TPSA) is 69.8 Å². The summed E-state index contributed by atoms with van der Waals surface area (Å²) in [7, 11) is 0. The zero-order valence-corrected chi connectivity index (χ0v) is 9.11. The molecular weight excluding hydrogens is 214 g/mol. The first-order chi connectivity index (χ1) is 8.27. The third-order valence-electron chi connectivity index (χ3n) is 2.51. The van der Waals surface area contributed by atoms with E-state index in [4.69, 9.17) is 5.26 Å². The molecule has 0 aromatic carbocycles. The molecular formula is C13H11N3O. The maximum atomic E-state index is 10.6. The summed E-state index contributed by atoms with van der Waals surface area (Å²) in [5, 5.41) is 19.5. The Bertz CT molecular complexity index is 480. The van der Waals surface area contributed by atoms with Gasteiger partial charge >= 0.3 is 0 Å². The van der Waals surface area contributed by atoms with E-state index in [9.17, 15) is 5.11 Å². The molecule has 84 valence electrons. The Labute approximate surface area is 99.2 Å². The second-order valence-corrected chi connectivity index (χ2v) is 3.63. The van der Waals surface area contributed by atoms with Gasteiger partial charge in [-0.2, -0.15) is 5.26 Å². The minimum atomic E-state index is -1.45. The van der Waals surface area contributed by atoms with Gasteiger partial charge in [-0.05, 0) is 24.3 Å². The summed E-state index contributed by atoms with van der Waals surface area (Å²) in [6.07, 6.45) is 3.09. The van der Waals surface area contributed by atoms with E-state index in [2.05, 4.69) is 9.97 Å². The molecule has 2 aromatic rings. The van der Waals surface area contributed by atoms with Crippen molar-refractivity contribution in [3.8, 4) is 6.07 Å². The van der Waals surface area contributed by atoms with E-state index in [1.165, 1.54) is 0 Å². The molecule has 0 aliphatic rings. The molecule has 0 radical (unpaired) electrons. The molecule has 0 spiro atoms. The monoisotopic (exact) mass is 225 g/mol. The van der Waals surface area contributed by atoms with Crippen LogP contribution >= 0.6 is 0 Å². The first kappa shape index (κ1) is 11.2. The molecule has 0 fully saturated rings. The van der Waals surface area contributed by atoms with Gasteiger partial charge in [-0.15, -0.1) is 0 Å². The Morgan fingerprint density at radius 1 is 1.06 bits per heavy atom. The fraction of sp³-hybridized carbons (Fsp3) is 0.154. The zero-order valence-electron chi connectivity index (χ0n) is 9.11. The third-order valence-corrected chi connectivity index (χ3v) is 2.51. The highest BCUT2D eigenvalue weighted by atomic mass is 16.3. The van der Waals surface area contributed by atoms with Crippen LogP contribution in [0.1, 0.15) is 17.8 Å². The molecule has 1 N–H and O–H groups in total. The summed E-state index contributed by atoms with van der Waals surface area (Å²) in [5.41, 5.74) is -0.586. The van der Waals surface area contributed by atoms with Crippen LogP contribution in [0.2, 0.25) is 0 Å². The van der Waals surface area contributed by atoms with Crippen LogP contribution in [-0.4, -0.2) is 15.1 Å². The predicted molar refractivity (Wildman–Crippen MR) is 61.7 cm³/mol. The van der Waals surface area contributed by atoms with Gasteiger partial charge in [0.2, 0.25) is 0 Å². The van der Waals surface area contributed by atoms with E-state index in [0.717, 1.165) is 0 Å². The predicted octanol–water partition coefficient (Wildman–Crippen LogP) is 1.63. The van der Waals surface area contributed by atoms with Crippen molar-refractivity contribution in [3.05, 3.63) is 60.2 Å². The van der Waals surface area contributed by atoms with Crippen LogP contribution < -0.4 is 0 Å². The Balaban J connectivity index is 2.52. The van der Waals surface area contributed by atoms with E-state index in [-0.39, 0.29) is 6.42 Å². The number of nitrogens with zero attached hydrogens (tertiary/aromatic N) is 3. The Morgan fingerprint density at radius 3 is 1.94 bits per heavy atom. The highest BCUT2D eigenvalue weighted by molar-refractivity contribution is 5.28. The summed E-state index contributed by atoms with van der Waals surface area (Å²) < 4.78 is 0. The molecule has 0 amide bonds. The van der Waals surface area contributed by atoms with Crippen LogP contribution in [0.3, 0.4) is 0 Å². The molecule has 4 nitrogen and oxygen atoms in total. The van der Waals surface area contributed by atoms with Crippen molar-refractivity contribution in [1.29, 1.82) is 5.26 Å². The Morgan fingerprint density at radius 2 is 1.59 bits per heavy atom. The number of aromatic nitrogens is 2. The van der Waals surface area contributed by atoms with Crippen LogP contribution in [0.25, 0.3) is 0 Å². The highest BCUT2D eigenvalue weighted by Gasteiger charge is 2.34. The Kier molecular flexibility index (Phi) is 3.12. The fourth-order valence-electron chi connectivity index (χ4n) is 1.64. The van der Waals surface area contributed by atoms with Gasteiger partial charge in [-0.1, -0.05) is 12.1 Å². The lowest BCUT2D eigenvalue weighted by Gasteiger charge is -2.24. The second kappa shape index (κ2) is 4.73. The summed E-state index contributed by atoms with van der Waals surface area (Å²) in [5.74, 6) is 0. The second-order valence-electron chi connectivity index (χ2n) is 3.63. The van der Waals surface area contributed by atoms with Gasteiger partial charge in [0.15, 0.2) is 5.60 Å². The summed E-state index contributed by atoms with van der Waals surface area (Å²) >= 11 is 0.